The second-order valence-corrected chi connectivity index (χ2v) is 2.54. The summed E-state index contributed by atoms with van der Waals surface area (Å²) in [5.74, 6) is 0. The van der Waals surface area contributed by atoms with Crippen LogP contribution in [0, 0.1) is 0 Å². The van der Waals surface area contributed by atoms with Crippen LogP contribution in [0.25, 0.3) is 0 Å². The van der Waals surface area contributed by atoms with Gasteiger partial charge in [0.1, 0.15) is 0 Å². The molecule has 0 spiro atoms. The van der Waals surface area contributed by atoms with Crippen LogP contribution in [0.1, 0.15) is 0 Å². The molecule has 0 aromatic carbocycles. The number of hydrogen-bond donors (Lipinski definition) is 6. The van der Waals surface area contributed by atoms with Gasteiger partial charge in [0.05, 0.1) is 0 Å². The van der Waals surface area contributed by atoms with E-state index < -0.39 is 27.5 Å². The van der Waals surface area contributed by atoms with Gasteiger partial charge in [0.15, 0.2) is 0 Å². The van der Waals surface area contributed by atoms with Gasteiger partial charge in [-0.3, -0.25) is 13.4 Å². The van der Waals surface area contributed by atoms with Crippen molar-refractivity contribution >= 4 is 86.6 Å². The summed E-state index contributed by atoms with van der Waals surface area (Å²) in [7, 11) is -9.39. The van der Waals surface area contributed by atoms with Crippen molar-refractivity contribution in [1.29, 1.82) is 0 Å². The molecule has 0 saturated heterocycles. The molecule has 0 atom stereocenters. The summed E-state index contributed by atoms with van der Waals surface area (Å²) in [6.07, 6.45) is 0. The number of hydrogen-bond acceptors (Lipinski definition) is 3. The van der Waals surface area contributed by atoms with E-state index in [0.717, 1.165) is 0 Å². The van der Waals surface area contributed by atoms with Gasteiger partial charge in [-0.05, 0) is 0 Å². The molecule has 0 bridgehead atoms. The second-order valence-electron chi connectivity index (χ2n) is 0.848. The molecule has 0 radical (unpaired) electrons. The molecular formula is H8Na2O9Si3. The first kappa shape index (κ1) is 29.4. The van der Waals surface area contributed by atoms with E-state index in [1.165, 1.54) is 0 Å². The normalized spacial score (nSPS) is 5.14. The van der Waals surface area contributed by atoms with Crippen LogP contribution in [-0.2, 0) is 13.4 Å². The van der Waals surface area contributed by atoms with Crippen LogP contribution in [0.4, 0.5) is 0 Å². The quantitative estimate of drug-likeness (QED) is 0.236. The van der Waals surface area contributed by atoms with Gasteiger partial charge in [-0.25, -0.2) is 0 Å². The third-order valence-electron chi connectivity index (χ3n) is 0. The van der Waals surface area contributed by atoms with Crippen LogP contribution in [0.15, 0.2) is 0 Å². The minimum absolute atomic E-state index is 0. The molecule has 0 rings (SSSR count). The fourth-order valence-electron chi connectivity index (χ4n) is 0. The Morgan fingerprint density at radius 1 is 0.500 bits per heavy atom. The second kappa shape index (κ2) is 23.6. The Labute approximate surface area is 127 Å². The van der Waals surface area contributed by atoms with E-state index in [-0.39, 0.29) is 59.1 Å². The summed E-state index contributed by atoms with van der Waals surface area (Å²) in [5, 5.41) is 0. The van der Waals surface area contributed by atoms with Crippen molar-refractivity contribution in [2.45, 2.75) is 0 Å². The Kier molecular flexibility index (Phi) is 49.4. The summed E-state index contributed by atoms with van der Waals surface area (Å²) in [5.41, 5.74) is 0. The third-order valence-corrected chi connectivity index (χ3v) is 0. The fraction of sp³-hybridized carbons (Fsp3) is 0. The molecule has 0 heterocycles. The molecule has 0 aliphatic carbocycles. The Hall–Kier alpha value is 0.851. The molecule has 14 heteroatoms. The first-order chi connectivity index (χ1) is 5.20. The molecule has 0 amide bonds. The van der Waals surface area contributed by atoms with Crippen LogP contribution in [-0.4, -0.2) is 115 Å². The van der Waals surface area contributed by atoms with Gasteiger partial charge in [0.25, 0.3) is 0 Å². The van der Waals surface area contributed by atoms with Crippen LogP contribution in [0.3, 0.4) is 0 Å². The molecule has 0 aromatic heterocycles. The van der Waals surface area contributed by atoms with Crippen LogP contribution in [0.5, 0.6) is 0 Å². The molecule has 0 aliphatic heterocycles. The maximum absolute atomic E-state index is 8.74. The van der Waals surface area contributed by atoms with Crippen molar-refractivity contribution in [3.8, 4) is 0 Å². The van der Waals surface area contributed by atoms with Crippen LogP contribution >= 0.6 is 0 Å². The van der Waals surface area contributed by atoms with E-state index in [9.17, 15) is 0 Å². The molecule has 0 fully saturated rings. The standard InChI is InChI=1S/2Na.3H2O3Si.2H/c;;3*1-4(2)3;;/h;;3*1-2H;;. The van der Waals surface area contributed by atoms with Crippen molar-refractivity contribution in [2.24, 2.45) is 0 Å². The van der Waals surface area contributed by atoms with Crippen molar-refractivity contribution in [1.82, 2.24) is 0 Å². The summed E-state index contributed by atoms with van der Waals surface area (Å²) in [6.45, 7) is 0. The maximum atomic E-state index is 8.74. The first-order valence-corrected chi connectivity index (χ1v) is 5.86. The van der Waals surface area contributed by atoms with E-state index >= 15 is 0 Å². The van der Waals surface area contributed by atoms with Gasteiger partial charge in [-0.2, -0.15) is 0 Å². The van der Waals surface area contributed by atoms with E-state index in [2.05, 4.69) is 0 Å². The monoisotopic (exact) mass is 282 g/mol. The predicted molar refractivity (Wildman–Crippen MR) is 46.9 cm³/mol. The zero-order chi connectivity index (χ0) is 10.7. The van der Waals surface area contributed by atoms with Gasteiger partial charge in [-0.1, -0.05) is 0 Å². The Balaban J connectivity index is -0.0000000270. The Morgan fingerprint density at radius 2 is 0.500 bits per heavy atom. The van der Waals surface area contributed by atoms with Gasteiger partial charge < -0.3 is 28.8 Å². The molecule has 9 nitrogen and oxygen atoms in total. The van der Waals surface area contributed by atoms with E-state index in [1.54, 1.807) is 0 Å². The predicted octanol–water partition coefficient (Wildman–Crippen LogP) is -6.14. The average Bonchev–Trinajstić information content (AvgIpc) is 1.54. The molecule has 6 N–H and O–H groups in total. The molecule has 0 aliphatic rings. The van der Waals surface area contributed by atoms with Gasteiger partial charge in [0.2, 0.25) is 0 Å². The Bertz CT molecular complexity index is 116. The van der Waals surface area contributed by atoms with Crippen molar-refractivity contribution in [3.05, 3.63) is 0 Å². The van der Waals surface area contributed by atoms with Gasteiger partial charge in [0, 0.05) is 0 Å². The molecule has 0 aromatic rings. The SMILES string of the molecule is O=[Si](O)O.O=[Si](O)O.O=[Si](O)O.[NaH].[NaH]. The zero-order valence-electron chi connectivity index (χ0n) is 5.41. The molecule has 14 heavy (non-hydrogen) atoms. The summed E-state index contributed by atoms with van der Waals surface area (Å²) >= 11 is 0. The van der Waals surface area contributed by atoms with E-state index in [4.69, 9.17) is 42.2 Å². The van der Waals surface area contributed by atoms with Crippen LogP contribution in [0.2, 0.25) is 0 Å². The van der Waals surface area contributed by atoms with Gasteiger partial charge >= 0.3 is 86.6 Å². The zero-order valence-corrected chi connectivity index (χ0v) is 8.41. The summed E-state index contributed by atoms with van der Waals surface area (Å²) in [4.78, 5) is 42.9. The molecule has 0 saturated carbocycles. The summed E-state index contributed by atoms with van der Waals surface area (Å²) in [6, 6.07) is 0. The van der Waals surface area contributed by atoms with Crippen molar-refractivity contribution < 1.29 is 42.2 Å². The third kappa shape index (κ3) is 2490. The fourth-order valence-corrected chi connectivity index (χ4v) is 0. The molecular weight excluding hydrogens is 274 g/mol. The van der Waals surface area contributed by atoms with Crippen LogP contribution < -0.4 is 0 Å². The van der Waals surface area contributed by atoms with Crippen molar-refractivity contribution in [2.75, 3.05) is 0 Å². The van der Waals surface area contributed by atoms with Gasteiger partial charge in [-0.15, -0.1) is 0 Å². The molecule has 76 valence electrons. The molecule has 0 unspecified atom stereocenters. The van der Waals surface area contributed by atoms with E-state index in [0.29, 0.717) is 0 Å². The number of rotatable bonds is 0. The average molecular weight is 282 g/mol. The van der Waals surface area contributed by atoms with Crippen molar-refractivity contribution in [3.63, 3.8) is 0 Å². The topological polar surface area (TPSA) is 173 Å². The minimum atomic E-state index is -3.13. The first-order valence-electron chi connectivity index (χ1n) is 1.95. The summed E-state index contributed by atoms with van der Waals surface area (Å²) < 4.78 is 26.2. The Morgan fingerprint density at radius 3 is 0.500 bits per heavy atom. The van der Waals surface area contributed by atoms with E-state index in [1.807, 2.05) is 0 Å².